The van der Waals surface area contributed by atoms with Crippen LogP contribution in [0.15, 0.2) is 40.9 Å². The number of sulfonamides is 1. The van der Waals surface area contributed by atoms with E-state index in [-0.39, 0.29) is 0 Å². The minimum atomic E-state index is -3.51. The maximum absolute atomic E-state index is 12.1. The molecule has 1 aliphatic rings. The van der Waals surface area contributed by atoms with Crippen molar-refractivity contribution in [3.63, 3.8) is 0 Å². The second kappa shape index (κ2) is 6.44. The zero-order valence-electron chi connectivity index (χ0n) is 12.5. The molecule has 2 aromatic carbocycles. The van der Waals surface area contributed by atoms with Gasteiger partial charge in [0, 0.05) is 15.1 Å². The molecule has 0 aliphatic carbocycles. The van der Waals surface area contributed by atoms with E-state index in [1.807, 2.05) is 18.2 Å². The van der Waals surface area contributed by atoms with Crippen molar-refractivity contribution in [3.8, 4) is 0 Å². The van der Waals surface area contributed by atoms with Crippen LogP contribution in [0.1, 0.15) is 17.7 Å². The van der Waals surface area contributed by atoms with E-state index < -0.39 is 21.6 Å². The number of aliphatic hydroxyl groups is 1. The maximum atomic E-state index is 12.1. The van der Waals surface area contributed by atoms with Gasteiger partial charge in [0.2, 0.25) is 16.4 Å². The van der Waals surface area contributed by atoms with Crippen LogP contribution in [0.4, 0.5) is 17.1 Å². The van der Waals surface area contributed by atoms with Crippen molar-refractivity contribution >= 4 is 54.6 Å². The Hall–Kier alpha value is -1.48. The molecule has 0 saturated heterocycles. The number of anilines is 3. The molecule has 0 aromatic heterocycles. The third kappa shape index (κ3) is 3.19. The summed E-state index contributed by atoms with van der Waals surface area (Å²) < 4.78 is 27.4. The largest absolute Gasteiger partial charge is 0.357 e. The van der Waals surface area contributed by atoms with E-state index in [0.717, 1.165) is 4.47 Å². The monoisotopic (exact) mass is 431 g/mol. The molecule has 0 spiro atoms. The molecule has 0 fully saturated rings. The van der Waals surface area contributed by atoms with Crippen molar-refractivity contribution in [2.24, 2.45) is 0 Å². The number of nitrogens with one attached hydrogen (secondary N) is 3. The van der Waals surface area contributed by atoms with Gasteiger partial charge in [-0.3, -0.25) is 4.72 Å². The van der Waals surface area contributed by atoms with Gasteiger partial charge in [0.05, 0.1) is 17.1 Å². The minimum Gasteiger partial charge on any atom is -0.357 e. The Balaban J connectivity index is 1.86. The average Bonchev–Trinajstić information content (AvgIpc) is 2.76. The van der Waals surface area contributed by atoms with Crippen molar-refractivity contribution < 1.29 is 13.5 Å². The fraction of sp³-hybridized carbons (Fsp3) is 0.200. The van der Waals surface area contributed by atoms with E-state index in [0.29, 0.717) is 27.6 Å². The Morgan fingerprint density at radius 3 is 2.58 bits per heavy atom. The first-order valence-electron chi connectivity index (χ1n) is 7.09. The van der Waals surface area contributed by atoms with Gasteiger partial charge in [-0.25, -0.2) is 8.42 Å². The highest BCUT2D eigenvalue weighted by Crippen LogP contribution is 2.45. The molecule has 2 unspecified atom stereocenters. The number of hydrogen-bond acceptors (Lipinski definition) is 5. The maximum Gasteiger partial charge on any atom is 0.239 e. The van der Waals surface area contributed by atoms with Gasteiger partial charge in [0.25, 0.3) is 0 Å². The van der Waals surface area contributed by atoms with Crippen LogP contribution in [0.2, 0.25) is 5.02 Å². The number of fused-ring (bicyclic) bond motifs is 1. The average molecular weight is 433 g/mol. The lowest BCUT2D eigenvalue weighted by molar-refractivity contribution is 0.233. The Bertz CT molecular complexity index is 892. The summed E-state index contributed by atoms with van der Waals surface area (Å²) in [7, 11) is -3.51. The van der Waals surface area contributed by atoms with E-state index in [1.54, 1.807) is 25.1 Å². The van der Waals surface area contributed by atoms with Gasteiger partial charge >= 0.3 is 0 Å². The fourth-order valence-corrected chi connectivity index (χ4v) is 4.54. The predicted octanol–water partition coefficient (Wildman–Crippen LogP) is 3.72. The quantitative estimate of drug-likeness (QED) is 0.553. The van der Waals surface area contributed by atoms with Crippen LogP contribution >= 0.6 is 27.5 Å². The Morgan fingerprint density at radius 2 is 1.88 bits per heavy atom. The lowest BCUT2D eigenvalue weighted by Crippen LogP contribution is -2.28. The number of halogens is 2. The van der Waals surface area contributed by atoms with Crippen LogP contribution < -0.4 is 15.4 Å². The Kier molecular flexibility index (Phi) is 4.65. The summed E-state index contributed by atoms with van der Waals surface area (Å²) >= 11 is 9.52. The molecule has 0 saturated carbocycles. The van der Waals surface area contributed by atoms with Gasteiger partial charge in [-0.2, -0.15) is 0 Å². The fourth-order valence-electron chi connectivity index (χ4n) is 2.52. The SMILES string of the molecule is CC1c2c(Cl)ccc(NC(O)Nc3ccccc3Br)c2NS1(=O)=O. The normalized spacial score (nSPS) is 19.2. The molecule has 1 aliphatic heterocycles. The molecule has 0 bridgehead atoms. The minimum absolute atomic E-state index is 0.364. The van der Waals surface area contributed by atoms with Gasteiger partial charge in [-0.05, 0) is 47.1 Å². The molecular formula is C15H15BrClN3O3S. The van der Waals surface area contributed by atoms with Crippen LogP contribution in [-0.2, 0) is 10.0 Å². The lowest BCUT2D eigenvalue weighted by atomic mass is 10.1. The number of aliphatic hydroxyl groups excluding tert-OH is 1. The van der Waals surface area contributed by atoms with Gasteiger partial charge in [0.1, 0.15) is 5.25 Å². The highest BCUT2D eigenvalue weighted by Gasteiger charge is 2.36. The standard InChI is InChI=1S/C15H15BrClN3O3S/c1-8-13-10(17)6-7-12(14(13)20-24(8,22)23)19-15(21)18-11-5-3-2-4-9(11)16/h2-8,15,18-21H,1H3. The van der Waals surface area contributed by atoms with Crippen molar-refractivity contribution in [2.45, 2.75) is 18.5 Å². The third-order valence-electron chi connectivity index (χ3n) is 3.77. The van der Waals surface area contributed by atoms with E-state index in [9.17, 15) is 13.5 Å². The first-order valence-corrected chi connectivity index (χ1v) is 9.81. The van der Waals surface area contributed by atoms with Crippen molar-refractivity contribution in [1.29, 1.82) is 0 Å². The summed E-state index contributed by atoms with van der Waals surface area (Å²) in [5.41, 5.74) is 1.99. The van der Waals surface area contributed by atoms with Crippen LogP contribution in [0.5, 0.6) is 0 Å². The molecule has 4 N–H and O–H groups in total. The summed E-state index contributed by atoms with van der Waals surface area (Å²) in [6.07, 6.45) is -1.13. The topological polar surface area (TPSA) is 90.5 Å². The van der Waals surface area contributed by atoms with E-state index in [1.165, 1.54) is 0 Å². The number of rotatable bonds is 4. The number of para-hydroxylation sites is 1. The van der Waals surface area contributed by atoms with Crippen LogP contribution in [0.3, 0.4) is 0 Å². The van der Waals surface area contributed by atoms with E-state index in [2.05, 4.69) is 31.3 Å². The highest BCUT2D eigenvalue weighted by atomic mass is 79.9. The molecule has 3 rings (SSSR count). The molecule has 2 atom stereocenters. The zero-order chi connectivity index (χ0) is 17.5. The first kappa shape index (κ1) is 17.3. The molecule has 0 amide bonds. The smallest absolute Gasteiger partial charge is 0.239 e. The van der Waals surface area contributed by atoms with Crippen molar-refractivity contribution in [1.82, 2.24) is 0 Å². The molecular weight excluding hydrogens is 418 g/mol. The van der Waals surface area contributed by atoms with Crippen molar-refractivity contribution in [2.75, 3.05) is 15.4 Å². The predicted molar refractivity (Wildman–Crippen MR) is 99.8 cm³/mol. The van der Waals surface area contributed by atoms with Gasteiger partial charge in [0.15, 0.2) is 0 Å². The molecule has 128 valence electrons. The molecule has 1 heterocycles. The lowest BCUT2D eigenvalue weighted by Gasteiger charge is -2.19. The molecule has 9 heteroatoms. The van der Waals surface area contributed by atoms with E-state index in [4.69, 9.17) is 11.6 Å². The Morgan fingerprint density at radius 1 is 1.21 bits per heavy atom. The van der Waals surface area contributed by atoms with Crippen molar-refractivity contribution in [3.05, 3.63) is 51.5 Å². The summed E-state index contributed by atoms with van der Waals surface area (Å²) in [4.78, 5) is 0. The molecule has 2 aromatic rings. The number of benzene rings is 2. The first-order chi connectivity index (χ1) is 11.3. The highest BCUT2D eigenvalue weighted by molar-refractivity contribution is 9.10. The number of hydrogen-bond donors (Lipinski definition) is 4. The molecule has 6 nitrogen and oxygen atoms in total. The second-order valence-corrected chi connectivity index (χ2v) is 8.61. The zero-order valence-corrected chi connectivity index (χ0v) is 15.7. The summed E-state index contributed by atoms with van der Waals surface area (Å²) in [5.74, 6) is 0. The van der Waals surface area contributed by atoms with Crippen LogP contribution in [-0.4, -0.2) is 19.9 Å². The Labute approximate surface area is 153 Å². The van der Waals surface area contributed by atoms with E-state index >= 15 is 0 Å². The van der Waals surface area contributed by atoms with Gasteiger partial charge < -0.3 is 15.7 Å². The molecule has 24 heavy (non-hydrogen) atoms. The summed E-state index contributed by atoms with van der Waals surface area (Å²) in [6, 6.07) is 10.5. The summed E-state index contributed by atoms with van der Waals surface area (Å²) in [6.45, 7) is 1.57. The molecule has 0 radical (unpaired) electrons. The van der Waals surface area contributed by atoms with Crippen LogP contribution in [0, 0.1) is 0 Å². The summed E-state index contributed by atoms with van der Waals surface area (Å²) in [5, 5.41) is 15.6. The second-order valence-electron chi connectivity index (χ2n) is 5.34. The van der Waals surface area contributed by atoms with Gasteiger partial charge in [-0.1, -0.05) is 23.7 Å². The van der Waals surface area contributed by atoms with Gasteiger partial charge in [-0.15, -0.1) is 0 Å². The van der Waals surface area contributed by atoms with Crippen LogP contribution in [0.25, 0.3) is 0 Å². The third-order valence-corrected chi connectivity index (χ3v) is 6.44.